The largest absolute Gasteiger partial charge is 0.478 e. The first-order chi connectivity index (χ1) is 9.06. The number of aryl methyl sites for hydroxylation is 2. The highest BCUT2D eigenvalue weighted by atomic mass is 16.5. The summed E-state index contributed by atoms with van der Waals surface area (Å²) in [6.45, 7) is 4.18. The Kier molecular flexibility index (Phi) is 3.79. The van der Waals surface area contributed by atoms with Gasteiger partial charge in [0, 0.05) is 25.6 Å². The smallest absolute Gasteiger partial charge is 0.335 e. The molecule has 0 spiro atoms. The molecule has 6 heteroatoms. The molecule has 19 heavy (non-hydrogen) atoms. The molecule has 0 bridgehead atoms. The summed E-state index contributed by atoms with van der Waals surface area (Å²) in [6.07, 6.45) is 0.650. The van der Waals surface area contributed by atoms with Crippen LogP contribution in [0.25, 0.3) is 0 Å². The maximum absolute atomic E-state index is 10.9. The number of hydrogen-bond donors (Lipinski definition) is 2. The normalized spacial score (nSPS) is 10.4. The summed E-state index contributed by atoms with van der Waals surface area (Å²) in [5, 5.41) is 15.9. The molecule has 1 heterocycles. The van der Waals surface area contributed by atoms with Gasteiger partial charge < -0.3 is 14.9 Å². The van der Waals surface area contributed by atoms with E-state index in [2.05, 4.69) is 15.5 Å². The Morgan fingerprint density at radius 1 is 1.42 bits per heavy atom. The van der Waals surface area contributed by atoms with Crippen LogP contribution in [-0.4, -0.2) is 27.8 Å². The van der Waals surface area contributed by atoms with Gasteiger partial charge in [-0.2, -0.15) is 4.98 Å². The molecule has 0 atom stereocenters. The van der Waals surface area contributed by atoms with Crippen LogP contribution in [0.4, 0.5) is 5.69 Å². The summed E-state index contributed by atoms with van der Waals surface area (Å²) in [5.74, 6) is 0.298. The Hall–Kier alpha value is -2.37. The van der Waals surface area contributed by atoms with Gasteiger partial charge in [-0.1, -0.05) is 5.16 Å². The van der Waals surface area contributed by atoms with Crippen molar-refractivity contribution in [3.8, 4) is 0 Å². The van der Waals surface area contributed by atoms with Crippen molar-refractivity contribution in [3.05, 3.63) is 41.0 Å². The molecule has 0 aliphatic carbocycles. The van der Waals surface area contributed by atoms with Gasteiger partial charge in [0.05, 0.1) is 5.56 Å². The van der Waals surface area contributed by atoms with E-state index in [1.54, 1.807) is 26.0 Å². The molecule has 2 rings (SSSR count). The van der Waals surface area contributed by atoms with Crippen LogP contribution in [0, 0.1) is 13.8 Å². The van der Waals surface area contributed by atoms with Gasteiger partial charge in [0.15, 0.2) is 5.82 Å². The third-order valence-corrected chi connectivity index (χ3v) is 2.70. The second-order valence-corrected chi connectivity index (χ2v) is 4.24. The van der Waals surface area contributed by atoms with Crippen molar-refractivity contribution in [2.75, 3.05) is 11.9 Å². The number of carboxylic acids is 1. The van der Waals surface area contributed by atoms with Gasteiger partial charge >= 0.3 is 5.97 Å². The lowest BCUT2D eigenvalue weighted by Gasteiger charge is -2.07. The first kappa shape index (κ1) is 13.1. The molecule has 1 aromatic heterocycles. The van der Waals surface area contributed by atoms with E-state index in [4.69, 9.17) is 9.63 Å². The highest BCUT2D eigenvalue weighted by molar-refractivity contribution is 5.89. The van der Waals surface area contributed by atoms with E-state index in [0.29, 0.717) is 30.2 Å². The molecule has 0 saturated heterocycles. The quantitative estimate of drug-likeness (QED) is 0.856. The van der Waals surface area contributed by atoms with Crippen LogP contribution >= 0.6 is 0 Å². The Morgan fingerprint density at radius 3 is 2.79 bits per heavy atom. The number of hydrogen-bond acceptors (Lipinski definition) is 5. The summed E-state index contributed by atoms with van der Waals surface area (Å²) in [4.78, 5) is 15.0. The second-order valence-electron chi connectivity index (χ2n) is 4.24. The number of carbonyl (C=O) groups is 1. The number of nitrogens with zero attached hydrogens (tertiary/aromatic N) is 2. The van der Waals surface area contributed by atoms with Crippen molar-refractivity contribution in [1.82, 2.24) is 10.1 Å². The number of anilines is 1. The summed E-state index contributed by atoms with van der Waals surface area (Å²) < 4.78 is 4.87. The molecule has 0 amide bonds. The standard InChI is InChI=1S/C13H15N3O3/c1-8-7-10(3-4-11(8)13(17)18)14-6-5-12-15-9(2)19-16-12/h3-4,7,14H,5-6H2,1-2H3,(H,17,18). The molecular weight excluding hydrogens is 246 g/mol. The van der Waals surface area contributed by atoms with Crippen LogP contribution in [0.1, 0.15) is 27.6 Å². The summed E-state index contributed by atoms with van der Waals surface area (Å²) in [5.41, 5.74) is 1.93. The maximum atomic E-state index is 10.9. The number of aromatic nitrogens is 2. The third kappa shape index (κ3) is 3.31. The number of benzene rings is 1. The van der Waals surface area contributed by atoms with Crippen molar-refractivity contribution in [2.24, 2.45) is 0 Å². The van der Waals surface area contributed by atoms with Crippen LogP contribution in [0.5, 0.6) is 0 Å². The molecular formula is C13H15N3O3. The highest BCUT2D eigenvalue weighted by Crippen LogP contribution is 2.15. The average molecular weight is 261 g/mol. The van der Waals surface area contributed by atoms with Gasteiger partial charge in [-0.25, -0.2) is 4.79 Å². The fourth-order valence-corrected chi connectivity index (χ4v) is 1.78. The number of nitrogens with one attached hydrogen (secondary N) is 1. The zero-order chi connectivity index (χ0) is 13.8. The predicted molar refractivity (Wildman–Crippen MR) is 69.4 cm³/mol. The van der Waals surface area contributed by atoms with E-state index in [1.165, 1.54) is 0 Å². The lowest BCUT2D eigenvalue weighted by atomic mass is 10.1. The minimum atomic E-state index is -0.911. The van der Waals surface area contributed by atoms with Gasteiger partial charge in [0.1, 0.15) is 0 Å². The lowest BCUT2D eigenvalue weighted by molar-refractivity contribution is 0.0696. The number of carboxylic acid groups (broad SMARTS) is 1. The fraction of sp³-hybridized carbons (Fsp3) is 0.308. The highest BCUT2D eigenvalue weighted by Gasteiger charge is 2.07. The minimum Gasteiger partial charge on any atom is -0.478 e. The van der Waals surface area contributed by atoms with Crippen molar-refractivity contribution in [3.63, 3.8) is 0 Å². The van der Waals surface area contributed by atoms with Crippen LogP contribution in [0.3, 0.4) is 0 Å². The van der Waals surface area contributed by atoms with Crippen molar-refractivity contribution in [2.45, 2.75) is 20.3 Å². The molecule has 0 aliphatic heterocycles. The van der Waals surface area contributed by atoms with Crippen molar-refractivity contribution >= 4 is 11.7 Å². The van der Waals surface area contributed by atoms with Gasteiger partial charge in [-0.05, 0) is 30.7 Å². The molecule has 0 aliphatic rings. The fourth-order valence-electron chi connectivity index (χ4n) is 1.78. The van der Waals surface area contributed by atoms with E-state index >= 15 is 0 Å². The zero-order valence-electron chi connectivity index (χ0n) is 10.8. The molecule has 2 aromatic rings. The Bertz CT molecular complexity index is 593. The predicted octanol–water partition coefficient (Wildman–Crippen LogP) is 2.04. The van der Waals surface area contributed by atoms with Crippen LogP contribution in [-0.2, 0) is 6.42 Å². The van der Waals surface area contributed by atoms with Crippen molar-refractivity contribution in [1.29, 1.82) is 0 Å². The van der Waals surface area contributed by atoms with E-state index in [9.17, 15) is 4.79 Å². The van der Waals surface area contributed by atoms with Gasteiger partial charge in [-0.15, -0.1) is 0 Å². The lowest BCUT2D eigenvalue weighted by Crippen LogP contribution is -2.07. The summed E-state index contributed by atoms with van der Waals surface area (Å²) in [6, 6.07) is 5.15. The molecule has 1 aromatic carbocycles. The second kappa shape index (κ2) is 5.51. The van der Waals surface area contributed by atoms with Gasteiger partial charge in [0.2, 0.25) is 5.89 Å². The van der Waals surface area contributed by atoms with Gasteiger partial charge in [-0.3, -0.25) is 0 Å². The van der Waals surface area contributed by atoms with E-state index in [0.717, 1.165) is 11.3 Å². The van der Waals surface area contributed by atoms with Crippen LogP contribution in [0.2, 0.25) is 0 Å². The van der Waals surface area contributed by atoms with Crippen LogP contribution < -0.4 is 5.32 Å². The first-order valence-corrected chi connectivity index (χ1v) is 5.93. The third-order valence-electron chi connectivity index (χ3n) is 2.70. The van der Waals surface area contributed by atoms with Gasteiger partial charge in [0.25, 0.3) is 0 Å². The number of rotatable bonds is 5. The summed E-state index contributed by atoms with van der Waals surface area (Å²) in [7, 11) is 0. The topological polar surface area (TPSA) is 88.2 Å². The van der Waals surface area contributed by atoms with Crippen molar-refractivity contribution < 1.29 is 14.4 Å². The van der Waals surface area contributed by atoms with E-state index in [1.807, 2.05) is 6.07 Å². The van der Waals surface area contributed by atoms with E-state index in [-0.39, 0.29) is 0 Å². The summed E-state index contributed by atoms with van der Waals surface area (Å²) >= 11 is 0. The Balaban J connectivity index is 1.93. The molecule has 0 fully saturated rings. The molecule has 2 N–H and O–H groups in total. The molecule has 0 unspecified atom stereocenters. The average Bonchev–Trinajstić information content (AvgIpc) is 2.75. The Labute approximate surface area is 110 Å². The first-order valence-electron chi connectivity index (χ1n) is 5.93. The molecule has 100 valence electrons. The SMILES string of the molecule is Cc1nc(CCNc2ccc(C(=O)O)c(C)c2)no1. The minimum absolute atomic E-state index is 0.319. The number of aromatic carboxylic acids is 1. The van der Waals surface area contributed by atoms with Crippen LogP contribution in [0.15, 0.2) is 22.7 Å². The molecule has 0 radical (unpaired) electrons. The zero-order valence-corrected chi connectivity index (χ0v) is 10.8. The Morgan fingerprint density at radius 2 is 2.21 bits per heavy atom. The maximum Gasteiger partial charge on any atom is 0.335 e. The molecule has 0 saturated carbocycles. The van der Waals surface area contributed by atoms with E-state index < -0.39 is 5.97 Å². The monoisotopic (exact) mass is 261 g/mol. The molecule has 6 nitrogen and oxygen atoms in total.